The molecule has 2 unspecified atom stereocenters. The Labute approximate surface area is 313 Å². The lowest BCUT2D eigenvalue weighted by Gasteiger charge is -2.24. The molecule has 1 aromatic heterocycles. The van der Waals surface area contributed by atoms with Gasteiger partial charge in [-0.15, -0.1) is 0 Å². The number of nitriles is 1. The highest BCUT2D eigenvalue weighted by molar-refractivity contribution is 8.00. The number of amides is 3. The summed E-state index contributed by atoms with van der Waals surface area (Å²) in [5.41, 5.74) is 7.09. The SMILES string of the molecule is CCOc1cc2ncc(C#N)c(Nc3ccc(F)c(Cl)c3)c2cc1NC(=O)CC(CN(C)C)SCC(NC(=O)CC[C@@H](N)C(=O)O)C(=O)NCC(=O)O. The molecule has 0 saturated heterocycles. The molecule has 0 aliphatic heterocycles. The van der Waals surface area contributed by atoms with E-state index in [1.807, 2.05) is 4.90 Å². The summed E-state index contributed by atoms with van der Waals surface area (Å²) < 4.78 is 19.6. The summed E-state index contributed by atoms with van der Waals surface area (Å²) in [4.78, 5) is 67.4. The molecule has 19 heteroatoms. The molecule has 3 amide bonds. The fourth-order valence-electron chi connectivity index (χ4n) is 4.90. The van der Waals surface area contributed by atoms with Crippen LogP contribution in [0.1, 0.15) is 31.7 Å². The van der Waals surface area contributed by atoms with Gasteiger partial charge in [-0.2, -0.15) is 17.0 Å². The third-order valence-corrected chi connectivity index (χ3v) is 9.00. The van der Waals surface area contributed by atoms with E-state index in [0.717, 1.165) is 0 Å². The molecule has 0 spiro atoms. The van der Waals surface area contributed by atoms with Crippen LogP contribution >= 0.6 is 23.4 Å². The third-order valence-electron chi connectivity index (χ3n) is 7.40. The predicted octanol–water partition coefficient (Wildman–Crippen LogP) is 2.91. The van der Waals surface area contributed by atoms with Crippen molar-refractivity contribution in [2.45, 2.75) is 43.5 Å². The van der Waals surface area contributed by atoms with Crippen LogP contribution in [0, 0.1) is 17.1 Å². The largest absolute Gasteiger partial charge is 0.492 e. The van der Waals surface area contributed by atoms with Crippen LogP contribution in [0.2, 0.25) is 5.02 Å². The Morgan fingerprint density at radius 1 is 1.15 bits per heavy atom. The topological polar surface area (TPSA) is 249 Å². The summed E-state index contributed by atoms with van der Waals surface area (Å²) in [6, 6.07) is 6.78. The number of aromatic nitrogens is 1. The lowest BCUT2D eigenvalue weighted by Crippen LogP contribution is -2.50. The highest BCUT2D eigenvalue weighted by Gasteiger charge is 2.26. The minimum atomic E-state index is -1.30. The number of anilines is 3. The van der Waals surface area contributed by atoms with Crippen molar-refractivity contribution in [1.29, 1.82) is 5.26 Å². The van der Waals surface area contributed by atoms with Gasteiger partial charge in [-0.25, -0.2) is 4.39 Å². The third kappa shape index (κ3) is 13.1. The second-order valence-corrected chi connectivity index (χ2v) is 13.6. The molecular weight excluding hydrogens is 735 g/mol. The van der Waals surface area contributed by atoms with Crippen molar-refractivity contribution in [2.24, 2.45) is 5.73 Å². The number of carbonyl (C=O) groups is 5. The maximum absolute atomic E-state index is 13.8. The Morgan fingerprint density at radius 3 is 2.51 bits per heavy atom. The van der Waals surface area contributed by atoms with E-state index in [9.17, 15) is 33.6 Å². The number of halogens is 2. The zero-order chi connectivity index (χ0) is 39.2. The minimum Gasteiger partial charge on any atom is -0.492 e. The number of carboxylic acid groups (broad SMARTS) is 2. The quantitative estimate of drug-likeness (QED) is 0.0873. The van der Waals surface area contributed by atoms with E-state index in [4.69, 9.17) is 32.3 Å². The Morgan fingerprint density at radius 2 is 1.89 bits per heavy atom. The van der Waals surface area contributed by atoms with E-state index in [-0.39, 0.29) is 47.9 Å². The van der Waals surface area contributed by atoms with Crippen LogP contribution in [0.25, 0.3) is 10.9 Å². The number of hydrogen-bond acceptors (Lipinski definition) is 12. The van der Waals surface area contributed by atoms with Crippen molar-refractivity contribution in [3.8, 4) is 11.8 Å². The van der Waals surface area contributed by atoms with Crippen LogP contribution in [-0.2, 0) is 24.0 Å². The number of benzene rings is 2. The number of pyridine rings is 1. The molecular formula is C34H40ClFN8O8S. The summed E-state index contributed by atoms with van der Waals surface area (Å²) in [6.07, 6.45) is 0.812. The first kappa shape index (κ1) is 42.2. The molecule has 0 bridgehead atoms. The zero-order valence-electron chi connectivity index (χ0n) is 29.1. The van der Waals surface area contributed by atoms with Gasteiger partial charge in [0, 0.05) is 53.7 Å². The van der Waals surface area contributed by atoms with Gasteiger partial charge in [0.1, 0.15) is 36.3 Å². The van der Waals surface area contributed by atoms with Crippen molar-refractivity contribution in [1.82, 2.24) is 20.5 Å². The number of thioether (sulfide) groups is 1. The van der Waals surface area contributed by atoms with Gasteiger partial charge in [0.15, 0.2) is 0 Å². The van der Waals surface area contributed by atoms with Crippen molar-refractivity contribution in [2.75, 3.05) is 50.2 Å². The second kappa shape index (κ2) is 20.1. The smallest absolute Gasteiger partial charge is 0.322 e. The summed E-state index contributed by atoms with van der Waals surface area (Å²) in [5, 5.41) is 38.5. The summed E-state index contributed by atoms with van der Waals surface area (Å²) in [7, 11) is 3.57. The fourth-order valence-corrected chi connectivity index (χ4v) is 6.45. The highest BCUT2D eigenvalue weighted by Crippen LogP contribution is 2.37. The maximum Gasteiger partial charge on any atom is 0.322 e. The van der Waals surface area contributed by atoms with Crippen molar-refractivity contribution in [3.05, 3.63) is 52.9 Å². The Bertz CT molecular complexity index is 1880. The van der Waals surface area contributed by atoms with Crippen LogP contribution in [-0.4, -0.2) is 107 Å². The first-order chi connectivity index (χ1) is 25.1. The van der Waals surface area contributed by atoms with E-state index >= 15 is 0 Å². The van der Waals surface area contributed by atoms with Crippen molar-refractivity contribution >= 4 is 81.0 Å². The van der Waals surface area contributed by atoms with Crippen molar-refractivity contribution in [3.63, 3.8) is 0 Å². The molecule has 0 aliphatic carbocycles. The molecule has 284 valence electrons. The number of nitrogens with one attached hydrogen (secondary N) is 4. The highest BCUT2D eigenvalue weighted by atomic mass is 35.5. The second-order valence-electron chi connectivity index (χ2n) is 11.9. The molecule has 8 N–H and O–H groups in total. The van der Waals surface area contributed by atoms with Crippen LogP contribution < -0.4 is 31.7 Å². The zero-order valence-corrected chi connectivity index (χ0v) is 30.6. The van der Waals surface area contributed by atoms with Crippen LogP contribution in [0.3, 0.4) is 0 Å². The number of rotatable bonds is 20. The molecule has 0 radical (unpaired) electrons. The molecule has 3 rings (SSSR count). The number of ether oxygens (including phenoxy) is 1. The molecule has 2 aromatic carbocycles. The average Bonchev–Trinajstić information content (AvgIpc) is 3.09. The van der Waals surface area contributed by atoms with Crippen LogP contribution in [0.4, 0.5) is 21.5 Å². The summed E-state index contributed by atoms with van der Waals surface area (Å²) in [6.45, 7) is 1.68. The molecule has 1 heterocycles. The van der Waals surface area contributed by atoms with Gasteiger partial charge in [0.2, 0.25) is 17.7 Å². The lowest BCUT2D eigenvalue weighted by molar-refractivity contribution is -0.139. The number of nitrogens with two attached hydrogens (primary N) is 1. The summed E-state index contributed by atoms with van der Waals surface area (Å²) >= 11 is 7.16. The van der Waals surface area contributed by atoms with Gasteiger partial charge >= 0.3 is 11.9 Å². The van der Waals surface area contributed by atoms with Gasteiger partial charge in [-0.3, -0.25) is 29.0 Å². The average molecular weight is 775 g/mol. The van der Waals surface area contributed by atoms with Gasteiger partial charge in [0.05, 0.1) is 34.1 Å². The normalized spacial score (nSPS) is 12.6. The molecule has 3 atom stereocenters. The number of aliphatic carboxylic acids is 2. The first-order valence-electron chi connectivity index (χ1n) is 16.2. The standard InChI is InChI=1S/C34H40ClFN8O8S/c1-4-52-28-12-25-21(32(18(13-37)14-39-25)41-19-5-6-23(36)22(35)9-19)11-26(28)42-30(46)10-20(16-44(2)3)53-17-27(33(49)40-15-31(47)48)43-29(45)8-7-24(38)34(50)51/h5-6,9,11-12,14,20,24,27H,4,7-8,10,15-17,38H2,1-3H3,(H,39,41)(H,40,49)(H,42,46)(H,43,45)(H,47,48)(H,50,51)/t20?,24-,27?/m1/s1. The monoisotopic (exact) mass is 774 g/mol. The summed E-state index contributed by atoms with van der Waals surface area (Å²) in [5.74, 6) is -4.83. The van der Waals surface area contributed by atoms with Crippen molar-refractivity contribution < 1.29 is 43.3 Å². The Balaban J connectivity index is 1.86. The van der Waals surface area contributed by atoms with E-state index in [1.54, 1.807) is 33.2 Å². The molecule has 3 aromatic rings. The van der Waals surface area contributed by atoms with E-state index in [1.165, 1.54) is 36.2 Å². The maximum atomic E-state index is 13.8. The van der Waals surface area contributed by atoms with E-state index in [0.29, 0.717) is 34.6 Å². The Kier molecular flexibility index (Phi) is 16.0. The number of fused-ring (bicyclic) bond motifs is 1. The fraction of sp³-hybridized carbons (Fsp3) is 0.382. The van der Waals surface area contributed by atoms with E-state index < -0.39 is 59.4 Å². The molecule has 0 saturated carbocycles. The van der Waals surface area contributed by atoms with Gasteiger partial charge in [-0.05, 0) is 51.7 Å². The van der Waals surface area contributed by atoms with E-state index in [2.05, 4.69) is 32.3 Å². The van der Waals surface area contributed by atoms with Gasteiger partial charge in [-0.1, -0.05) is 11.6 Å². The van der Waals surface area contributed by atoms with Gasteiger partial charge < -0.3 is 46.9 Å². The van der Waals surface area contributed by atoms with Crippen LogP contribution in [0.5, 0.6) is 5.75 Å². The molecule has 0 aliphatic rings. The number of nitrogens with zero attached hydrogens (tertiary/aromatic N) is 3. The van der Waals surface area contributed by atoms with Gasteiger partial charge in [0.25, 0.3) is 0 Å². The van der Waals surface area contributed by atoms with Crippen LogP contribution in [0.15, 0.2) is 36.5 Å². The number of carbonyl (C=O) groups excluding carboxylic acids is 3. The lowest BCUT2D eigenvalue weighted by atomic mass is 10.1. The number of hydrogen-bond donors (Lipinski definition) is 7. The molecule has 0 fully saturated rings. The first-order valence-corrected chi connectivity index (χ1v) is 17.6. The molecule has 53 heavy (non-hydrogen) atoms. The Hall–Kier alpha value is -5.22. The molecule has 16 nitrogen and oxygen atoms in total. The predicted molar refractivity (Wildman–Crippen MR) is 198 cm³/mol. The number of carboxylic acids is 2. The minimum absolute atomic E-state index is 0.0564.